The van der Waals surface area contributed by atoms with Crippen LogP contribution in [0.5, 0.6) is 0 Å². The Morgan fingerprint density at radius 2 is 1.92 bits per heavy atom. The number of nitrogens with zero attached hydrogens (tertiary/aromatic N) is 2. The minimum absolute atomic E-state index is 0.147. The van der Waals surface area contributed by atoms with Gasteiger partial charge in [0.15, 0.2) is 5.00 Å². The summed E-state index contributed by atoms with van der Waals surface area (Å²) in [5, 5.41) is 21.3. The van der Waals surface area contributed by atoms with Gasteiger partial charge in [-0.3, -0.25) is 20.2 Å². The Labute approximate surface area is 69.7 Å². The Bertz CT molecular complexity index is 346. The molecule has 7 nitrogen and oxygen atoms in total. The smallest absolute Gasteiger partial charge is 0.379 e. The van der Waals surface area contributed by atoms with Crippen LogP contribution in [0.1, 0.15) is 0 Å². The topological polar surface area (TPSA) is 112 Å². The number of nitrogens with two attached hydrogens (primary N) is 1. The molecule has 0 amide bonds. The summed E-state index contributed by atoms with van der Waals surface area (Å²) < 4.78 is 0. The number of hydrogen-bond donors (Lipinski definition) is 1. The molecule has 1 aromatic heterocycles. The quantitative estimate of drug-likeness (QED) is 0.553. The van der Waals surface area contributed by atoms with Gasteiger partial charge < -0.3 is 5.73 Å². The van der Waals surface area contributed by atoms with Crippen molar-refractivity contribution in [1.29, 1.82) is 0 Å². The summed E-state index contributed by atoms with van der Waals surface area (Å²) in [6.45, 7) is 0. The van der Waals surface area contributed by atoms with E-state index in [9.17, 15) is 20.2 Å². The second-order valence-corrected chi connectivity index (χ2v) is 2.76. The first-order valence-electron chi connectivity index (χ1n) is 2.69. The van der Waals surface area contributed by atoms with E-state index in [-0.39, 0.29) is 5.00 Å². The van der Waals surface area contributed by atoms with E-state index in [4.69, 9.17) is 5.73 Å². The molecular formula is C4H3N3O4S. The molecule has 0 aliphatic rings. The van der Waals surface area contributed by atoms with E-state index in [0.29, 0.717) is 0 Å². The lowest BCUT2D eigenvalue weighted by molar-refractivity contribution is -0.421. The molecule has 8 heteroatoms. The van der Waals surface area contributed by atoms with Gasteiger partial charge in [-0.1, -0.05) is 0 Å². The maximum absolute atomic E-state index is 10.2. The van der Waals surface area contributed by atoms with Crippen LogP contribution < -0.4 is 5.73 Å². The fraction of sp³-hybridized carbons (Fsp3) is 0. The second kappa shape index (κ2) is 2.74. The van der Waals surface area contributed by atoms with E-state index in [1.54, 1.807) is 0 Å². The van der Waals surface area contributed by atoms with Gasteiger partial charge in [-0.25, -0.2) is 0 Å². The first-order chi connectivity index (χ1) is 5.54. The zero-order valence-electron chi connectivity index (χ0n) is 5.59. The average Bonchev–Trinajstić information content (AvgIpc) is 2.30. The van der Waals surface area contributed by atoms with Crippen LogP contribution in [-0.4, -0.2) is 9.85 Å². The maximum Gasteiger partial charge on any atom is 0.379 e. The Morgan fingerprint density at radius 1 is 1.33 bits per heavy atom. The van der Waals surface area contributed by atoms with Crippen LogP contribution in [0.2, 0.25) is 0 Å². The van der Waals surface area contributed by atoms with Crippen molar-refractivity contribution in [2.45, 2.75) is 0 Å². The van der Waals surface area contributed by atoms with E-state index in [0.717, 1.165) is 16.7 Å². The van der Waals surface area contributed by atoms with Crippen molar-refractivity contribution in [2.24, 2.45) is 0 Å². The van der Waals surface area contributed by atoms with Gasteiger partial charge in [-0.05, 0) is 0 Å². The molecule has 0 aliphatic carbocycles. The molecular weight excluding hydrogens is 186 g/mol. The first-order valence-corrected chi connectivity index (χ1v) is 3.57. The van der Waals surface area contributed by atoms with Gasteiger partial charge in [-0.2, -0.15) is 0 Å². The lowest BCUT2D eigenvalue weighted by Crippen LogP contribution is -1.95. The molecule has 0 unspecified atom stereocenters. The summed E-state index contributed by atoms with van der Waals surface area (Å²) >= 11 is 0.782. The molecule has 1 rings (SSSR count). The fourth-order valence-electron chi connectivity index (χ4n) is 0.670. The Balaban J connectivity index is 3.31. The molecule has 0 bridgehead atoms. The fourth-order valence-corrected chi connectivity index (χ4v) is 1.40. The molecule has 12 heavy (non-hydrogen) atoms. The summed E-state index contributed by atoms with van der Waals surface area (Å²) in [5.74, 6) is 0. The molecule has 0 radical (unpaired) electrons. The highest BCUT2D eigenvalue weighted by molar-refractivity contribution is 7.15. The van der Waals surface area contributed by atoms with Crippen molar-refractivity contribution in [1.82, 2.24) is 0 Å². The number of nitrogen functional groups attached to an aromatic ring is 1. The highest BCUT2D eigenvalue weighted by Crippen LogP contribution is 2.38. The SMILES string of the molecule is Nc1scc([N+](=O)[O-])c1[N+](=O)[O-]. The van der Waals surface area contributed by atoms with E-state index in [1.165, 1.54) is 0 Å². The van der Waals surface area contributed by atoms with Crippen molar-refractivity contribution >= 4 is 27.7 Å². The molecule has 0 saturated carbocycles. The third-order valence-electron chi connectivity index (χ3n) is 1.15. The predicted octanol–water partition coefficient (Wildman–Crippen LogP) is 1.15. The van der Waals surface area contributed by atoms with Gasteiger partial charge in [0.1, 0.15) is 0 Å². The van der Waals surface area contributed by atoms with Crippen LogP contribution >= 0.6 is 11.3 Å². The summed E-state index contributed by atoms with van der Waals surface area (Å²) in [5.41, 5.74) is 3.98. The summed E-state index contributed by atoms with van der Waals surface area (Å²) in [6, 6.07) is 0. The number of anilines is 1. The van der Waals surface area contributed by atoms with Gasteiger partial charge in [-0.15, -0.1) is 11.3 Å². The molecule has 0 fully saturated rings. The van der Waals surface area contributed by atoms with Crippen LogP contribution in [0.4, 0.5) is 16.4 Å². The normalized spacial score (nSPS) is 9.67. The largest absolute Gasteiger partial charge is 0.385 e. The van der Waals surface area contributed by atoms with Crippen molar-refractivity contribution in [3.05, 3.63) is 25.6 Å². The van der Waals surface area contributed by atoms with Crippen LogP contribution in [0, 0.1) is 20.2 Å². The molecule has 0 aromatic carbocycles. The maximum atomic E-state index is 10.2. The lowest BCUT2D eigenvalue weighted by Gasteiger charge is -1.87. The summed E-state index contributed by atoms with van der Waals surface area (Å²) in [4.78, 5) is 18.7. The van der Waals surface area contributed by atoms with Gasteiger partial charge in [0.05, 0.1) is 15.2 Å². The molecule has 2 N–H and O–H groups in total. The standard InChI is InChI=1S/C4H3N3O4S/c5-4-3(7(10)11)2(1-12-4)6(8)9/h1H,5H2. The lowest BCUT2D eigenvalue weighted by atomic mass is 10.4. The molecule has 0 saturated heterocycles. The zero-order valence-corrected chi connectivity index (χ0v) is 6.41. The molecule has 0 aliphatic heterocycles. The van der Waals surface area contributed by atoms with Crippen molar-refractivity contribution in [3.8, 4) is 0 Å². The number of thiophene rings is 1. The predicted molar refractivity (Wildman–Crippen MR) is 42.0 cm³/mol. The number of hydrogen-bond acceptors (Lipinski definition) is 6. The van der Waals surface area contributed by atoms with Crippen LogP contribution in [0.15, 0.2) is 5.38 Å². The van der Waals surface area contributed by atoms with E-state index >= 15 is 0 Å². The van der Waals surface area contributed by atoms with Crippen LogP contribution in [0.3, 0.4) is 0 Å². The Morgan fingerprint density at radius 3 is 2.25 bits per heavy atom. The van der Waals surface area contributed by atoms with Gasteiger partial charge in [0.25, 0.3) is 0 Å². The molecule has 0 atom stereocenters. The first kappa shape index (κ1) is 8.40. The third kappa shape index (κ3) is 1.19. The molecule has 1 heterocycles. The van der Waals surface area contributed by atoms with E-state index in [1.807, 2.05) is 0 Å². The molecule has 0 spiro atoms. The average molecular weight is 189 g/mol. The summed E-state index contributed by atoms with van der Waals surface area (Å²) in [6.07, 6.45) is 0. The highest BCUT2D eigenvalue weighted by atomic mass is 32.1. The second-order valence-electron chi connectivity index (χ2n) is 1.85. The third-order valence-corrected chi connectivity index (χ3v) is 1.94. The number of nitro groups is 2. The Kier molecular flexibility index (Phi) is 1.92. The van der Waals surface area contributed by atoms with Gasteiger partial charge in [0, 0.05) is 0 Å². The minimum Gasteiger partial charge on any atom is -0.385 e. The van der Waals surface area contributed by atoms with Crippen molar-refractivity contribution in [3.63, 3.8) is 0 Å². The highest BCUT2D eigenvalue weighted by Gasteiger charge is 2.29. The van der Waals surface area contributed by atoms with Crippen LogP contribution in [-0.2, 0) is 0 Å². The zero-order chi connectivity index (χ0) is 9.30. The van der Waals surface area contributed by atoms with Gasteiger partial charge >= 0.3 is 11.4 Å². The van der Waals surface area contributed by atoms with Gasteiger partial charge in [0.2, 0.25) is 0 Å². The van der Waals surface area contributed by atoms with Crippen molar-refractivity contribution < 1.29 is 9.85 Å². The van der Waals surface area contributed by atoms with E-state index < -0.39 is 21.2 Å². The number of rotatable bonds is 2. The Hall–Kier alpha value is -1.70. The molecule has 1 aromatic rings. The van der Waals surface area contributed by atoms with Crippen LogP contribution in [0.25, 0.3) is 0 Å². The molecule has 64 valence electrons. The van der Waals surface area contributed by atoms with Crippen molar-refractivity contribution in [2.75, 3.05) is 5.73 Å². The van der Waals surface area contributed by atoms with E-state index in [2.05, 4.69) is 0 Å². The minimum atomic E-state index is -0.857. The summed E-state index contributed by atoms with van der Waals surface area (Å²) in [7, 11) is 0. The monoisotopic (exact) mass is 189 g/mol.